The Morgan fingerprint density at radius 1 is 0.953 bits per heavy atom. The number of urea groups is 1. The summed E-state index contributed by atoms with van der Waals surface area (Å²) in [6, 6.07) is 20.6. The van der Waals surface area contributed by atoms with Crippen LogP contribution >= 0.6 is 0 Å². The fourth-order valence-electron chi connectivity index (χ4n) is 5.19. The van der Waals surface area contributed by atoms with Gasteiger partial charge in [-0.15, -0.1) is 0 Å². The van der Waals surface area contributed by atoms with E-state index in [1.54, 1.807) is 54.2 Å². The lowest BCUT2D eigenvalue weighted by atomic mass is 9.87. The van der Waals surface area contributed by atoms with E-state index in [0.29, 0.717) is 36.6 Å². The SMILES string of the molecule is CCOC(=O)c1ccc(Nc2nc(-c3cccc(N4CCN(c5ccc(C(C)(C)C)cc5)C4=O)c3C)cn(C)c2=O)cc1. The van der Waals surface area contributed by atoms with Gasteiger partial charge in [0.15, 0.2) is 5.82 Å². The van der Waals surface area contributed by atoms with Crippen molar-refractivity contribution in [2.45, 2.75) is 40.0 Å². The summed E-state index contributed by atoms with van der Waals surface area (Å²) >= 11 is 0. The predicted octanol–water partition coefficient (Wildman–Crippen LogP) is 6.42. The minimum atomic E-state index is -0.404. The third-order valence-electron chi connectivity index (χ3n) is 7.66. The Morgan fingerprint density at radius 3 is 2.28 bits per heavy atom. The Bertz CT molecular complexity index is 1720. The molecule has 4 aromatic rings. The van der Waals surface area contributed by atoms with Crippen LogP contribution in [-0.2, 0) is 17.2 Å². The van der Waals surface area contributed by atoms with Gasteiger partial charge in [0.2, 0.25) is 0 Å². The molecule has 2 heterocycles. The van der Waals surface area contributed by atoms with Crippen LogP contribution in [0.25, 0.3) is 11.3 Å². The molecule has 0 unspecified atom stereocenters. The number of ether oxygens (including phenoxy) is 1. The first-order valence-electron chi connectivity index (χ1n) is 14.4. The molecule has 5 rings (SSSR count). The predicted molar refractivity (Wildman–Crippen MR) is 171 cm³/mol. The first-order valence-corrected chi connectivity index (χ1v) is 14.4. The van der Waals surface area contributed by atoms with Crippen molar-refractivity contribution in [3.8, 4) is 11.3 Å². The van der Waals surface area contributed by atoms with E-state index in [1.807, 2.05) is 37.3 Å². The van der Waals surface area contributed by atoms with Gasteiger partial charge in [0.1, 0.15) is 0 Å². The Labute approximate surface area is 251 Å². The molecule has 222 valence electrons. The third kappa shape index (κ3) is 6.02. The van der Waals surface area contributed by atoms with E-state index in [9.17, 15) is 14.4 Å². The number of esters is 1. The summed E-state index contributed by atoms with van der Waals surface area (Å²) in [5.41, 5.74) is 5.96. The smallest absolute Gasteiger partial charge is 0.338 e. The van der Waals surface area contributed by atoms with Gasteiger partial charge in [-0.2, -0.15) is 0 Å². The van der Waals surface area contributed by atoms with Crippen molar-refractivity contribution in [3.05, 3.63) is 100.0 Å². The summed E-state index contributed by atoms with van der Waals surface area (Å²) in [5, 5.41) is 3.09. The number of aryl methyl sites for hydroxylation is 1. The molecule has 3 aromatic carbocycles. The number of carbonyl (C=O) groups excluding carboxylic acids is 2. The molecule has 0 bridgehead atoms. The molecular weight excluding hydrogens is 542 g/mol. The van der Waals surface area contributed by atoms with Crippen molar-refractivity contribution in [2.24, 2.45) is 7.05 Å². The highest BCUT2D eigenvalue weighted by atomic mass is 16.5. The van der Waals surface area contributed by atoms with E-state index in [2.05, 4.69) is 43.2 Å². The first-order chi connectivity index (χ1) is 20.5. The summed E-state index contributed by atoms with van der Waals surface area (Å²) in [5.74, 6) is -0.255. The maximum atomic E-state index is 13.6. The zero-order valence-electron chi connectivity index (χ0n) is 25.5. The number of aromatic nitrogens is 2. The van der Waals surface area contributed by atoms with Gasteiger partial charge in [-0.05, 0) is 72.9 Å². The van der Waals surface area contributed by atoms with Crippen molar-refractivity contribution >= 4 is 34.9 Å². The molecule has 1 N–H and O–H groups in total. The van der Waals surface area contributed by atoms with E-state index in [4.69, 9.17) is 4.74 Å². The van der Waals surface area contributed by atoms with E-state index in [0.717, 1.165) is 22.5 Å². The molecule has 0 saturated carbocycles. The molecule has 1 aliphatic heterocycles. The molecule has 1 fully saturated rings. The lowest BCUT2D eigenvalue weighted by Gasteiger charge is -2.23. The monoisotopic (exact) mass is 579 g/mol. The summed E-state index contributed by atoms with van der Waals surface area (Å²) in [6.07, 6.45) is 1.69. The van der Waals surface area contributed by atoms with Gasteiger partial charge >= 0.3 is 12.0 Å². The van der Waals surface area contributed by atoms with Crippen LogP contribution in [0.1, 0.15) is 49.2 Å². The first kappa shape index (κ1) is 29.6. The Hall–Kier alpha value is -4.92. The molecule has 9 heteroatoms. The Kier molecular flexibility index (Phi) is 8.08. The number of nitrogens with zero attached hydrogens (tertiary/aromatic N) is 4. The summed E-state index contributed by atoms with van der Waals surface area (Å²) in [4.78, 5) is 46.8. The normalized spacial score (nSPS) is 13.4. The van der Waals surface area contributed by atoms with Gasteiger partial charge in [0.25, 0.3) is 5.56 Å². The van der Waals surface area contributed by atoms with Crippen LogP contribution in [-0.4, -0.2) is 41.2 Å². The summed E-state index contributed by atoms with van der Waals surface area (Å²) in [7, 11) is 1.68. The van der Waals surface area contributed by atoms with Gasteiger partial charge in [0.05, 0.1) is 17.9 Å². The number of carbonyl (C=O) groups is 2. The quantitative estimate of drug-likeness (QED) is 0.254. The molecule has 0 radical (unpaired) electrons. The van der Waals surface area contributed by atoms with Crippen molar-refractivity contribution < 1.29 is 14.3 Å². The fourth-order valence-corrected chi connectivity index (χ4v) is 5.19. The van der Waals surface area contributed by atoms with Crippen LogP contribution in [0.4, 0.5) is 27.7 Å². The molecule has 0 aliphatic carbocycles. The van der Waals surface area contributed by atoms with Crippen molar-refractivity contribution in [2.75, 3.05) is 34.8 Å². The molecule has 43 heavy (non-hydrogen) atoms. The standard InChI is InChI=1S/C34H37N5O4/c1-7-43-32(41)23-11-15-25(16-12-23)35-30-31(40)37(6)21-28(36-30)27-9-8-10-29(22(27)2)39-20-19-38(33(39)42)26-17-13-24(14-18-26)34(3,4)5/h8-18,21H,7,19-20H2,1-6H3,(H,35,36). The van der Waals surface area contributed by atoms with E-state index in [1.165, 1.54) is 10.1 Å². The largest absolute Gasteiger partial charge is 0.462 e. The van der Waals surface area contributed by atoms with Gasteiger partial charge in [-0.3, -0.25) is 14.6 Å². The molecule has 2 amide bonds. The van der Waals surface area contributed by atoms with Crippen LogP contribution in [0.15, 0.2) is 77.7 Å². The molecule has 1 saturated heterocycles. The second-order valence-corrected chi connectivity index (χ2v) is 11.6. The summed E-state index contributed by atoms with van der Waals surface area (Å²) < 4.78 is 6.52. The van der Waals surface area contributed by atoms with E-state index < -0.39 is 5.97 Å². The molecule has 0 atom stereocenters. The van der Waals surface area contributed by atoms with Crippen LogP contribution in [0.2, 0.25) is 0 Å². The van der Waals surface area contributed by atoms with Crippen molar-refractivity contribution in [1.82, 2.24) is 9.55 Å². The van der Waals surface area contributed by atoms with Crippen LogP contribution in [0.5, 0.6) is 0 Å². The number of amides is 2. The molecule has 0 spiro atoms. The number of rotatable bonds is 7. The second kappa shape index (κ2) is 11.8. The summed E-state index contributed by atoms with van der Waals surface area (Å²) in [6.45, 7) is 11.7. The highest BCUT2D eigenvalue weighted by Crippen LogP contribution is 2.34. The second-order valence-electron chi connectivity index (χ2n) is 11.6. The lowest BCUT2D eigenvalue weighted by molar-refractivity contribution is 0.0526. The maximum Gasteiger partial charge on any atom is 0.338 e. The molecule has 1 aromatic heterocycles. The highest BCUT2D eigenvalue weighted by Gasteiger charge is 2.32. The average Bonchev–Trinajstić information content (AvgIpc) is 3.36. The Balaban J connectivity index is 1.41. The number of hydrogen-bond donors (Lipinski definition) is 1. The molecule has 1 aliphatic rings. The minimum absolute atomic E-state index is 0.0379. The molecule has 9 nitrogen and oxygen atoms in total. The number of anilines is 4. The van der Waals surface area contributed by atoms with Crippen LogP contribution < -0.4 is 20.7 Å². The fraction of sp³-hybridized carbons (Fsp3) is 0.294. The minimum Gasteiger partial charge on any atom is -0.462 e. The zero-order valence-corrected chi connectivity index (χ0v) is 25.5. The van der Waals surface area contributed by atoms with Gasteiger partial charge in [0, 0.05) is 49.0 Å². The van der Waals surface area contributed by atoms with Gasteiger partial charge < -0.3 is 14.6 Å². The van der Waals surface area contributed by atoms with E-state index >= 15 is 0 Å². The maximum absolute atomic E-state index is 13.6. The van der Waals surface area contributed by atoms with E-state index in [-0.39, 0.29) is 22.8 Å². The Morgan fingerprint density at radius 2 is 1.63 bits per heavy atom. The van der Waals surface area contributed by atoms with Crippen LogP contribution in [0, 0.1) is 6.92 Å². The van der Waals surface area contributed by atoms with Crippen molar-refractivity contribution in [1.29, 1.82) is 0 Å². The van der Waals surface area contributed by atoms with Gasteiger partial charge in [-0.25, -0.2) is 14.6 Å². The highest BCUT2D eigenvalue weighted by molar-refractivity contribution is 6.07. The van der Waals surface area contributed by atoms with Crippen LogP contribution in [0.3, 0.4) is 0 Å². The van der Waals surface area contributed by atoms with Gasteiger partial charge in [-0.1, -0.05) is 45.0 Å². The lowest BCUT2D eigenvalue weighted by Crippen LogP contribution is -2.32. The zero-order chi connectivity index (χ0) is 30.9. The topological polar surface area (TPSA) is 96.8 Å². The number of nitrogens with one attached hydrogen (secondary N) is 1. The third-order valence-corrected chi connectivity index (χ3v) is 7.66. The average molecular weight is 580 g/mol. The number of hydrogen-bond acceptors (Lipinski definition) is 6. The van der Waals surface area contributed by atoms with Crippen molar-refractivity contribution in [3.63, 3.8) is 0 Å². The number of benzene rings is 3. The molecular formula is C34H37N5O4.